The van der Waals surface area contributed by atoms with Crippen LogP contribution in [0.15, 0.2) is 36.4 Å². The van der Waals surface area contributed by atoms with E-state index in [0.717, 1.165) is 11.1 Å². The Balaban J connectivity index is 0.000000642. The van der Waals surface area contributed by atoms with E-state index in [1.807, 2.05) is 47.9 Å². The first-order valence-corrected chi connectivity index (χ1v) is 15.8. The van der Waals surface area contributed by atoms with E-state index in [1.54, 1.807) is 28.4 Å². The summed E-state index contributed by atoms with van der Waals surface area (Å²) in [6.07, 6.45) is 0. The Morgan fingerprint density at radius 1 is 0.629 bits per heavy atom. The minimum Gasteiger partial charge on any atom is -0.506 e. The van der Waals surface area contributed by atoms with Crippen LogP contribution < -0.4 is 18.9 Å². The minimum atomic E-state index is 0. The van der Waals surface area contributed by atoms with E-state index in [4.69, 9.17) is 49.8 Å². The van der Waals surface area contributed by atoms with Gasteiger partial charge in [-0.3, -0.25) is 0 Å². The topological polar surface area (TPSA) is 55.4 Å². The Labute approximate surface area is 243 Å². The molecule has 0 heterocycles. The van der Waals surface area contributed by atoms with Crippen molar-refractivity contribution >= 4 is 63.0 Å². The molecule has 13 heteroatoms. The molecule has 0 aliphatic carbocycles. The number of halogens is 2. The standard InChI is InChI=1S/2C11H14ClO3S2.Ni/c2*1-13-5-6-15-10-4-3-9(8-16-17-12)7-11(10)14-2;/h2*3-4,7-8H,5-6H2,1-2H3;/q2*-1;+2. The second-order valence-electron chi connectivity index (χ2n) is 6.06. The van der Waals surface area contributed by atoms with Crippen molar-refractivity contribution < 1.29 is 44.9 Å². The molecule has 0 atom stereocenters. The summed E-state index contributed by atoms with van der Waals surface area (Å²) in [5, 5.41) is 0. The quantitative estimate of drug-likeness (QED) is 0.0792. The molecule has 0 saturated carbocycles. The third kappa shape index (κ3) is 14.9. The zero-order chi connectivity index (χ0) is 25.0. The molecule has 0 aromatic heterocycles. The van der Waals surface area contributed by atoms with Gasteiger partial charge in [0.2, 0.25) is 0 Å². The fourth-order valence-electron chi connectivity index (χ4n) is 2.37. The van der Waals surface area contributed by atoms with E-state index in [-0.39, 0.29) is 16.5 Å². The van der Waals surface area contributed by atoms with Gasteiger partial charge in [-0.2, -0.15) is 23.3 Å². The summed E-state index contributed by atoms with van der Waals surface area (Å²) in [4.78, 5) is 0. The molecule has 6 nitrogen and oxygen atoms in total. The van der Waals surface area contributed by atoms with E-state index >= 15 is 0 Å². The molecule has 2 aromatic rings. The second kappa shape index (κ2) is 22.9. The van der Waals surface area contributed by atoms with Crippen molar-refractivity contribution in [3.8, 4) is 23.0 Å². The molecule has 0 bridgehead atoms. The van der Waals surface area contributed by atoms with Crippen molar-refractivity contribution in [2.24, 2.45) is 0 Å². The number of rotatable bonds is 16. The van der Waals surface area contributed by atoms with Gasteiger partial charge in [0.15, 0.2) is 0 Å². The summed E-state index contributed by atoms with van der Waals surface area (Å²) in [7, 11) is 22.8. The van der Waals surface area contributed by atoms with Gasteiger partial charge in [0, 0.05) is 34.2 Å². The predicted octanol–water partition coefficient (Wildman–Crippen LogP) is 7.53. The van der Waals surface area contributed by atoms with Crippen molar-refractivity contribution in [3.05, 3.63) is 59.0 Å². The monoisotopic (exact) mass is 644 g/mol. The fraction of sp³-hybridized carbons (Fsp3) is 0.364. The van der Waals surface area contributed by atoms with Crippen LogP contribution >= 0.6 is 63.0 Å². The summed E-state index contributed by atoms with van der Waals surface area (Å²) < 4.78 is 31.4. The SMILES string of the molecule is COCCOc1ccc([CH-]SSCl)cc1OC.COCCOc1ccc([CH-]SSCl)cc1OC.[Ni+2]. The van der Waals surface area contributed by atoms with Crippen LogP contribution in [0.25, 0.3) is 0 Å². The Morgan fingerprint density at radius 2 is 1.03 bits per heavy atom. The van der Waals surface area contributed by atoms with Gasteiger partial charge in [0.1, 0.15) is 36.2 Å². The normalized spacial score (nSPS) is 9.77. The van der Waals surface area contributed by atoms with Gasteiger partial charge in [-0.1, -0.05) is 12.1 Å². The summed E-state index contributed by atoms with van der Waals surface area (Å²) in [5.41, 5.74) is 2.05. The molecule has 0 radical (unpaired) electrons. The maximum Gasteiger partial charge on any atom is 2.00 e. The molecular weight excluding hydrogens is 618 g/mol. The van der Waals surface area contributed by atoms with Gasteiger partial charge >= 0.3 is 16.5 Å². The van der Waals surface area contributed by atoms with Gasteiger partial charge < -0.3 is 28.4 Å². The van der Waals surface area contributed by atoms with Crippen LogP contribution in [0.4, 0.5) is 0 Å². The molecule has 2 aromatic carbocycles. The first kappa shape index (κ1) is 34.8. The molecule has 0 N–H and O–H groups in total. The number of hydrogen-bond acceptors (Lipinski definition) is 10. The molecule has 0 unspecified atom stereocenters. The molecule has 200 valence electrons. The third-order valence-electron chi connectivity index (χ3n) is 3.91. The average Bonchev–Trinajstić information content (AvgIpc) is 2.87. The van der Waals surface area contributed by atoms with Crippen molar-refractivity contribution in [1.29, 1.82) is 0 Å². The van der Waals surface area contributed by atoms with Gasteiger partial charge in [-0.15, -0.1) is 45.2 Å². The number of benzene rings is 2. The summed E-state index contributed by atoms with van der Waals surface area (Å²) in [6, 6.07) is 11.5. The van der Waals surface area contributed by atoms with Crippen molar-refractivity contribution in [2.75, 3.05) is 54.9 Å². The number of ether oxygens (including phenoxy) is 6. The van der Waals surface area contributed by atoms with Crippen LogP contribution in [0.2, 0.25) is 0 Å². The van der Waals surface area contributed by atoms with Crippen LogP contribution in [-0.4, -0.2) is 54.9 Å². The zero-order valence-electron chi connectivity index (χ0n) is 19.6. The Bertz CT molecular complexity index is 745. The smallest absolute Gasteiger partial charge is 0.506 e. The predicted molar refractivity (Wildman–Crippen MR) is 150 cm³/mol. The van der Waals surface area contributed by atoms with E-state index in [0.29, 0.717) is 49.4 Å². The molecule has 0 saturated heterocycles. The van der Waals surface area contributed by atoms with E-state index < -0.39 is 0 Å². The van der Waals surface area contributed by atoms with E-state index in [9.17, 15) is 0 Å². The summed E-state index contributed by atoms with van der Waals surface area (Å²) in [5.74, 6) is 6.72. The van der Waals surface area contributed by atoms with Crippen LogP contribution in [-0.2, 0) is 26.0 Å². The minimum absolute atomic E-state index is 0. The molecule has 0 spiro atoms. The molecule has 2 rings (SSSR count). The zero-order valence-corrected chi connectivity index (χ0v) is 25.4. The first-order valence-electron chi connectivity index (χ1n) is 9.77. The van der Waals surface area contributed by atoms with Gasteiger partial charge in [-0.25, -0.2) is 0 Å². The van der Waals surface area contributed by atoms with Crippen molar-refractivity contribution in [2.45, 2.75) is 0 Å². The van der Waals surface area contributed by atoms with Crippen molar-refractivity contribution in [1.82, 2.24) is 0 Å². The van der Waals surface area contributed by atoms with Crippen LogP contribution in [0.1, 0.15) is 11.1 Å². The second-order valence-corrected chi connectivity index (χ2v) is 11.3. The van der Waals surface area contributed by atoms with Gasteiger partial charge in [0.25, 0.3) is 0 Å². The average molecular weight is 646 g/mol. The van der Waals surface area contributed by atoms with Crippen LogP contribution in [0.5, 0.6) is 23.0 Å². The summed E-state index contributed by atoms with van der Waals surface area (Å²) >= 11 is 0. The van der Waals surface area contributed by atoms with E-state index in [1.165, 1.54) is 41.6 Å². The van der Waals surface area contributed by atoms with Gasteiger partial charge in [-0.05, 0) is 21.4 Å². The molecule has 0 amide bonds. The van der Waals surface area contributed by atoms with E-state index in [2.05, 4.69) is 0 Å². The first-order chi connectivity index (χ1) is 16.6. The Hall–Kier alpha value is -0.226. The fourth-order valence-corrected chi connectivity index (χ4v) is 4.50. The van der Waals surface area contributed by atoms with Crippen molar-refractivity contribution in [3.63, 3.8) is 0 Å². The molecule has 0 aliphatic heterocycles. The molecular formula is C22H28Cl2NiO6S4. The largest absolute Gasteiger partial charge is 2.00 e. The maximum atomic E-state index is 5.53. The molecule has 0 fully saturated rings. The Morgan fingerprint density at radius 3 is 1.34 bits per heavy atom. The molecule has 0 aliphatic rings. The summed E-state index contributed by atoms with van der Waals surface area (Å²) in [6.45, 7) is 2.11. The van der Waals surface area contributed by atoms with Gasteiger partial charge in [0.05, 0.1) is 27.4 Å². The third-order valence-corrected chi connectivity index (χ3v) is 7.11. The van der Waals surface area contributed by atoms with Crippen LogP contribution in [0, 0.1) is 11.5 Å². The number of hydrogen-bond donors (Lipinski definition) is 0. The Kier molecular flexibility index (Phi) is 22.8. The maximum absolute atomic E-state index is 5.53. The molecule has 35 heavy (non-hydrogen) atoms. The number of methoxy groups -OCH3 is 4. The van der Waals surface area contributed by atoms with Crippen LogP contribution in [0.3, 0.4) is 0 Å².